The van der Waals surface area contributed by atoms with Crippen LogP contribution in [0.2, 0.25) is 0 Å². The van der Waals surface area contributed by atoms with Crippen LogP contribution in [0.15, 0.2) is 23.7 Å². The SMILES string of the molecule is O=C(Nc1nccs1)C1CCCN1C(=O)CC1C=CCC1. The van der Waals surface area contributed by atoms with Crippen LogP contribution in [-0.4, -0.2) is 34.3 Å². The zero-order chi connectivity index (χ0) is 14.7. The molecule has 112 valence electrons. The Hall–Kier alpha value is -1.69. The van der Waals surface area contributed by atoms with Gasteiger partial charge in [-0.15, -0.1) is 11.3 Å². The van der Waals surface area contributed by atoms with Gasteiger partial charge in [0.2, 0.25) is 11.8 Å². The average Bonchev–Trinajstić information content (AvgIpc) is 3.20. The molecule has 0 radical (unpaired) electrons. The molecule has 2 aliphatic rings. The van der Waals surface area contributed by atoms with E-state index in [-0.39, 0.29) is 17.9 Å². The Balaban J connectivity index is 1.60. The molecule has 1 aromatic heterocycles. The van der Waals surface area contributed by atoms with Gasteiger partial charge >= 0.3 is 0 Å². The summed E-state index contributed by atoms with van der Waals surface area (Å²) in [5, 5.41) is 5.22. The fourth-order valence-electron chi connectivity index (χ4n) is 3.02. The van der Waals surface area contributed by atoms with Gasteiger partial charge in [0, 0.05) is 24.5 Å². The van der Waals surface area contributed by atoms with E-state index in [0.717, 1.165) is 25.7 Å². The smallest absolute Gasteiger partial charge is 0.248 e. The Bertz CT molecular complexity index is 541. The molecule has 0 bridgehead atoms. The summed E-state index contributed by atoms with van der Waals surface area (Å²) in [5.41, 5.74) is 0. The molecular weight excluding hydrogens is 286 g/mol. The molecule has 0 spiro atoms. The van der Waals surface area contributed by atoms with Crippen molar-refractivity contribution in [3.8, 4) is 0 Å². The number of likely N-dealkylation sites (tertiary alicyclic amines) is 1. The zero-order valence-corrected chi connectivity index (χ0v) is 12.6. The summed E-state index contributed by atoms with van der Waals surface area (Å²) < 4.78 is 0. The number of anilines is 1. The Morgan fingerprint density at radius 3 is 3.05 bits per heavy atom. The summed E-state index contributed by atoms with van der Waals surface area (Å²) in [6.07, 6.45) is 10.2. The summed E-state index contributed by atoms with van der Waals surface area (Å²) in [6.45, 7) is 0.686. The number of nitrogens with zero attached hydrogens (tertiary/aromatic N) is 2. The maximum absolute atomic E-state index is 12.4. The molecule has 0 saturated carbocycles. The third-order valence-corrected chi connectivity index (χ3v) is 4.78. The normalized spacial score (nSPS) is 24.5. The number of hydrogen-bond acceptors (Lipinski definition) is 4. The van der Waals surface area contributed by atoms with Gasteiger partial charge in [-0.25, -0.2) is 4.98 Å². The molecule has 2 heterocycles. The fourth-order valence-corrected chi connectivity index (χ4v) is 3.55. The van der Waals surface area contributed by atoms with E-state index < -0.39 is 0 Å². The second kappa shape index (κ2) is 6.39. The number of allylic oxidation sites excluding steroid dienone is 2. The van der Waals surface area contributed by atoms with E-state index in [1.807, 2.05) is 5.38 Å². The molecule has 21 heavy (non-hydrogen) atoms. The third-order valence-electron chi connectivity index (χ3n) is 4.09. The average molecular weight is 305 g/mol. The molecule has 5 nitrogen and oxygen atoms in total. The zero-order valence-electron chi connectivity index (χ0n) is 11.8. The number of aromatic nitrogens is 1. The molecule has 1 aliphatic heterocycles. The lowest BCUT2D eigenvalue weighted by Gasteiger charge is -2.24. The minimum absolute atomic E-state index is 0.100. The predicted molar refractivity (Wildman–Crippen MR) is 82.0 cm³/mol. The van der Waals surface area contributed by atoms with Gasteiger partial charge in [0.05, 0.1) is 0 Å². The van der Waals surface area contributed by atoms with E-state index in [2.05, 4.69) is 22.5 Å². The van der Waals surface area contributed by atoms with Crippen LogP contribution in [0.3, 0.4) is 0 Å². The maximum atomic E-state index is 12.4. The molecule has 2 amide bonds. The van der Waals surface area contributed by atoms with Crippen molar-refractivity contribution in [2.75, 3.05) is 11.9 Å². The molecule has 0 aromatic carbocycles. The molecule has 6 heteroatoms. The fraction of sp³-hybridized carbons (Fsp3) is 0.533. The molecule has 1 aliphatic carbocycles. The molecule has 2 unspecified atom stereocenters. The van der Waals surface area contributed by atoms with Crippen LogP contribution in [0.5, 0.6) is 0 Å². The minimum atomic E-state index is -0.341. The number of thiazole rings is 1. The van der Waals surface area contributed by atoms with Crippen molar-refractivity contribution in [1.29, 1.82) is 0 Å². The van der Waals surface area contributed by atoms with Crippen LogP contribution in [0, 0.1) is 5.92 Å². The second-order valence-electron chi connectivity index (χ2n) is 5.54. The molecule has 2 atom stereocenters. The number of rotatable bonds is 4. The Morgan fingerprint density at radius 1 is 1.43 bits per heavy atom. The van der Waals surface area contributed by atoms with Gasteiger partial charge in [-0.2, -0.15) is 0 Å². The third kappa shape index (κ3) is 3.32. The van der Waals surface area contributed by atoms with Gasteiger partial charge in [0.1, 0.15) is 6.04 Å². The summed E-state index contributed by atoms with van der Waals surface area (Å²) >= 11 is 1.39. The van der Waals surface area contributed by atoms with Gasteiger partial charge in [-0.1, -0.05) is 12.2 Å². The lowest BCUT2D eigenvalue weighted by atomic mass is 10.0. The van der Waals surface area contributed by atoms with Crippen molar-refractivity contribution >= 4 is 28.3 Å². The predicted octanol–water partition coefficient (Wildman–Crippen LogP) is 2.43. The maximum Gasteiger partial charge on any atom is 0.248 e. The highest BCUT2D eigenvalue weighted by atomic mass is 32.1. The molecule has 3 rings (SSSR count). The highest BCUT2D eigenvalue weighted by Gasteiger charge is 2.34. The first-order chi connectivity index (χ1) is 10.2. The molecule has 1 saturated heterocycles. The molecule has 1 N–H and O–H groups in total. The Morgan fingerprint density at radius 2 is 2.33 bits per heavy atom. The van der Waals surface area contributed by atoms with Crippen LogP contribution in [0.25, 0.3) is 0 Å². The van der Waals surface area contributed by atoms with Gasteiger partial charge in [-0.3, -0.25) is 9.59 Å². The van der Waals surface area contributed by atoms with Crippen molar-refractivity contribution in [2.24, 2.45) is 5.92 Å². The van der Waals surface area contributed by atoms with Crippen molar-refractivity contribution in [2.45, 2.75) is 38.1 Å². The van der Waals surface area contributed by atoms with Gasteiger partial charge < -0.3 is 10.2 Å². The van der Waals surface area contributed by atoms with Crippen molar-refractivity contribution in [3.63, 3.8) is 0 Å². The van der Waals surface area contributed by atoms with Crippen LogP contribution < -0.4 is 5.32 Å². The summed E-state index contributed by atoms with van der Waals surface area (Å²) in [5.74, 6) is 0.335. The van der Waals surface area contributed by atoms with Gasteiger partial charge in [0.25, 0.3) is 0 Å². The van der Waals surface area contributed by atoms with Crippen molar-refractivity contribution in [3.05, 3.63) is 23.7 Å². The Kier molecular flexibility index (Phi) is 4.34. The largest absolute Gasteiger partial charge is 0.331 e. The van der Waals surface area contributed by atoms with E-state index in [1.165, 1.54) is 11.3 Å². The summed E-state index contributed by atoms with van der Waals surface area (Å²) in [7, 11) is 0. The number of amides is 2. The quantitative estimate of drug-likeness (QED) is 0.869. The molecule has 1 aromatic rings. The number of nitrogens with one attached hydrogen (secondary N) is 1. The van der Waals surface area contributed by atoms with Crippen molar-refractivity contribution in [1.82, 2.24) is 9.88 Å². The number of hydrogen-bond donors (Lipinski definition) is 1. The van der Waals surface area contributed by atoms with Crippen molar-refractivity contribution < 1.29 is 9.59 Å². The highest BCUT2D eigenvalue weighted by Crippen LogP contribution is 2.25. The number of carbonyl (C=O) groups excluding carboxylic acids is 2. The standard InChI is InChI=1S/C15H19N3O2S/c19-13(10-11-4-1-2-5-11)18-8-3-6-12(18)14(20)17-15-16-7-9-21-15/h1,4,7,9,11-12H,2-3,5-6,8,10H2,(H,16,17,20). The summed E-state index contributed by atoms with van der Waals surface area (Å²) in [4.78, 5) is 30.5. The monoisotopic (exact) mass is 305 g/mol. The first-order valence-electron chi connectivity index (χ1n) is 7.40. The van der Waals surface area contributed by atoms with Gasteiger partial charge in [0.15, 0.2) is 5.13 Å². The van der Waals surface area contributed by atoms with Gasteiger partial charge in [-0.05, 0) is 31.6 Å². The number of carbonyl (C=O) groups is 2. The molecule has 1 fully saturated rings. The van der Waals surface area contributed by atoms with Crippen LogP contribution in [-0.2, 0) is 9.59 Å². The molecular formula is C15H19N3O2S. The lowest BCUT2D eigenvalue weighted by molar-refractivity contribution is -0.137. The lowest BCUT2D eigenvalue weighted by Crippen LogP contribution is -2.43. The summed E-state index contributed by atoms with van der Waals surface area (Å²) in [6, 6.07) is -0.341. The first kappa shape index (κ1) is 14.3. The van der Waals surface area contributed by atoms with E-state index in [0.29, 0.717) is 24.0 Å². The van der Waals surface area contributed by atoms with Crippen LogP contribution in [0.4, 0.5) is 5.13 Å². The van der Waals surface area contributed by atoms with E-state index in [1.54, 1.807) is 11.1 Å². The highest BCUT2D eigenvalue weighted by molar-refractivity contribution is 7.13. The first-order valence-corrected chi connectivity index (χ1v) is 8.28. The Labute approximate surface area is 128 Å². The van der Waals surface area contributed by atoms with E-state index in [9.17, 15) is 9.59 Å². The van der Waals surface area contributed by atoms with Crippen LogP contribution >= 0.6 is 11.3 Å². The topological polar surface area (TPSA) is 62.3 Å². The minimum Gasteiger partial charge on any atom is -0.331 e. The second-order valence-corrected chi connectivity index (χ2v) is 6.44. The van der Waals surface area contributed by atoms with E-state index >= 15 is 0 Å². The van der Waals surface area contributed by atoms with E-state index in [4.69, 9.17) is 0 Å². The van der Waals surface area contributed by atoms with Crippen LogP contribution in [0.1, 0.15) is 32.1 Å².